The predicted octanol–water partition coefficient (Wildman–Crippen LogP) is 1.42. The molecule has 0 aromatic carbocycles. The van der Waals surface area contributed by atoms with Crippen molar-refractivity contribution in [3.63, 3.8) is 0 Å². The first kappa shape index (κ1) is 17.7. The van der Waals surface area contributed by atoms with Crippen molar-refractivity contribution in [2.45, 2.75) is 52.7 Å². The van der Waals surface area contributed by atoms with E-state index in [1.54, 1.807) is 11.8 Å². The number of nitrogens with zero attached hydrogens (tertiary/aromatic N) is 1. The second kappa shape index (κ2) is 7.31. The van der Waals surface area contributed by atoms with Crippen molar-refractivity contribution in [2.24, 2.45) is 5.41 Å². The summed E-state index contributed by atoms with van der Waals surface area (Å²) in [6.45, 7) is 9.92. The van der Waals surface area contributed by atoms with Gasteiger partial charge in [-0.05, 0) is 47.1 Å². The molecule has 0 bridgehead atoms. The number of carbonyl (C=O) groups excluding carboxylic acids is 1. The summed E-state index contributed by atoms with van der Waals surface area (Å²) in [4.78, 5) is 14.4. The van der Waals surface area contributed by atoms with Gasteiger partial charge in [0.05, 0.1) is 11.5 Å². The molecule has 108 valence electrons. The zero-order valence-corrected chi connectivity index (χ0v) is 12.7. The van der Waals surface area contributed by atoms with E-state index in [-0.39, 0.29) is 29.8 Å². The second-order valence-corrected chi connectivity index (χ2v) is 5.74. The van der Waals surface area contributed by atoms with Gasteiger partial charge in [0.15, 0.2) is 0 Å². The van der Waals surface area contributed by atoms with E-state index in [0.29, 0.717) is 6.54 Å². The molecule has 1 fully saturated rings. The number of aliphatic hydroxyl groups excluding tert-OH is 1. The summed E-state index contributed by atoms with van der Waals surface area (Å²) in [5.74, 6) is 0.167. The number of carbonyl (C=O) groups is 1. The van der Waals surface area contributed by atoms with Crippen LogP contribution in [0.25, 0.3) is 0 Å². The molecule has 0 aliphatic carbocycles. The molecule has 2 N–H and O–H groups in total. The summed E-state index contributed by atoms with van der Waals surface area (Å²) in [7, 11) is 0. The Labute approximate surface area is 117 Å². The molecule has 0 radical (unpaired) electrons. The predicted molar refractivity (Wildman–Crippen MR) is 76.0 cm³/mol. The quantitative estimate of drug-likeness (QED) is 0.818. The van der Waals surface area contributed by atoms with Crippen LogP contribution in [0.3, 0.4) is 0 Å². The lowest BCUT2D eigenvalue weighted by Gasteiger charge is -2.39. The monoisotopic (exact) mass is 278 g/mol. The summed E-state index contributed by atoms with van der Waals surface area (Å²) in [6, 6.07) is 0.135. The average Bonchev–Trinajstić information content (AvgIpc) is 2.25. The van der Waals surface area contributed by atoms with Crippen molar-refractivity contribution in [3.8, 4) is 0 Å². The number of nitrogens with one attached hydrogen (secondary N) is 1. The van der Waals surface area contributed by atoms with Gasteiger partial charge in [-0.2, -0.15) is 0 Å². The fraction of sp³-hybridized carbons (Fsp3) is 0.923. The van der Waals surface area contributed by atoms with E-state index in [0.717, 1.165) is 25.9 Å². The van der Waals surface area contributed by atoms with Gasteiger partial charge >= 0.3 is 0 Å². The molecule has 1 aliphatic heterocycles. The maximum Gasteiger partial charge on any atom is 0.230 e. The number of rotatable bonds is 4. The molecule has 2 atom stereocenters. The van der Waals surface area contributed by atoms with Crippen molar-refractivity contribution in [3.05, 3.63) is 0 Å². The SMILES string of the molecule is CC(O)CN(C(=O)C1(C)CCCNC1)C(C)C.Cl. The molecule has 5 heteroatoms. The van der Waals surface area contributed by atoms with E-state index < -0.39 is 6.10 Å². The van der Waals surface area contributed by atoms with Crippen LogP contribution in [0.5, 0.6) is 0 Å². The molecule has 2 unspecified atom stereocenters. The van der Waals surface area contributed by atoms with E-state index >= 15 is 0 Å². The van der Waals surface area contributed by atoms with Crippen molar-refractivity contribution < 1.29 is 9.90 Å². The number of hydrogen-bond acceptors (Lipinski definition) is 3. The number of piperidine rings is 1. The van der Waals surface area contributed by atoms with Crippen molar-refractivity contribution in [2.75, 3.05) is 19.6 Å². The third-order valence-corrected chi connectivity index (χ3v) is 3.46. The Morgan fingerprint density at radius 1 is 1.44 bits per heavy atom. The summed E-state index contributed by atoms with van der Waals surface area (Å²) in [5, 5.41) is 12.8. The smallest absolute Gasteiger partial charge is 0.230 e. The lowest BCUT2D eigenvalue weighted by molar-refractivity contribution is -0.145. The van der Waals surface area contributed by atoms with Gasteiger partial charge < -0.3 is 15.3 Å². The molecule has 4 nitrogen and oxygen atoms in total. The lowest BCUT2D eigenvalue weighted by Crippen LogP contribution is -2.53. The fourth-order valence-corrected chi connectivity index (χ4v) is 2.40. The zero-order chi connectivity index (χ0) is 13.1. The second-order valence-electron chi connectivity index (χ2n) is 5.74. The van der Waals surface area contributed by atoms with Crippen LogP contribution in [0.1, 0.15) is 40.5 Å². The van der Waals surface area contributed by atoms with Gasteiger partial charge in [-0.1, -0.05) is 0 Å². The van der Waals surface area contributed by atoms with E-state index in [1.165, 1.54) is 0 Å². The Kier molecular flexibility index (Phi) is 7.18. The topological polar surface area (TPSA) is 52.6 Å². The van der Waals surface area contributed by atoms with Gasteiger partial charge in [-0.25, -0.2) is 0 Å². The van der Waals surface area contributed by atoms with Gasteiger partial charge in [0, 0.05) is 19.1 Å². The first-order valence-electron chi connectivity index (χ1n) is 6.56. The molecule has 1 aliphatic rings. The zero-order valence-electron chi connectivity index (χ0n) is 11.9. The Bertz CT molecular complexity index is 264. The fourth-order valence-electron chi connectivity index (χ4n) is 2.40. The molecule has 0 spiro atoms. The van der Waals surface area contributed by atoms with Crippen LogP contribution in [0.2, 0.25) is 0 Å². The Morgan fingerprint density at radius 2 is 2.06 bits per heavy atom. The number of amides is 1. The molecular formula is C13H27ClN2O2. The number of hydrogen-bond donors (Lipinski definition) is 2. The highest BCUT2D eigenvalue weighted by Gasteiger charge is 2.38. The van der Waals surface area contributed by atoms with E-state index in [4.69, 9.17) is 0 Å². The first-order chi connectivity index (χ1) is 7.87. The van der Waals surface area contributed by atoms with Crippen LogP contribution in [-0.4, -0.2) is 47.7 Å². The van der Waals surface area contributed by atoms with Gasteiger partial charge in [-0.15, -0.1) is 12.4 Å². The Morgan fingerprint density at radius 3 is 2.44 bits per heavy atom. The average molecular weight is 279 g/mol. The minimum absolute atomic E-state index is 0. The molecule has 18 heavy (non-hydrogen) atoms. The Hall–Kier alpha value is -0.320. The maximum absolute atomic E-state index is 12.6. The minimum Gasteiger partial charge on any atom is -0.392 e. The van der Waals surface area contributed by atoms with E-state index in [2.05, 4.69) is 5.32 Å². The van der Waals surface area contributed by atoms with Crippen molar-refractivity contribution in [1.82, 2.24) is 10.2 Å². The first-order valence-corrected chi connectivity index (χ1v) is 6.56. The number of aliphatic hydroxyl groups is 1. The summed E-state index contributed by atoms with van der Waals surface area (Å²) >= 11 is 0. The third kappa shape index (κ3) is 4.41. The molecular weight excluding hydrogens is 252 g/mol. The minimum atomic E-state index is -0.471. The van der Waals surface area contributed by atoms with Gasteiger partial charge in [-0.3, -0.25) is 4.79 Å². The van der Waals surface area contributed by atoms with Gasteiger partial charge in [0.25, 0.3) is 0 Å². The van der Waals surface area contributed by atoms with Crippen molar-refractivity contribution >= 4 is 18.3 Å². The maximum atomic E-state index is 12.6. The Balaban J connectivity index is 0.00000289. The highest BCUT2D eigenvalue weighted by Crippen LogP contribution is 2.28. The molecule has 0 aromatic rings. The van der Waals surface area contributed by atoms with Crippen LogP contribution in [-0.2, 0) is 4.79 Å². The highest BCUT2D eigenvalue weighted by atomic mass is 35.5. The molecule has 0 saturated carbocycles. The highest BCUT2D eigenvalue weighted by molar-refractivity contribution is 5.85. The summed E-state index contributed by atoms with van der Waals surface area (Å²) < 4.78 is 0. The van der Waals surface area contributed by atoms with Crippen LogP contribution in [0.4, 0.5) is 0 Å². The molecule has 1 saturated heterocycles. The third-order valence-electron chi connectivity index (χ3n) is 3.46. The van der Waals surface area contributed by atoms with Gasteiger partial charge in [0.2, 0.25) is 5.91 Å². The molecule has 1 rings (SSSR count). The molecule has 1 heterocycles. The summed E-state index contributed by atoms with van der Waals surface area (Å²) in [6.07, 6.45) is 1.51. The van der Waals surface area contributed by atoms with Crippen LogP contribution in [0.15, 0.2) is 0 Å². The molecule has 1 amide bonds. The van der Waals surface area contributed by atoms with Crippen LogP contribution >= 0.6 is 12.4 Å². The lowest BCUT2D eigenvalue weighted by atomic mass is 9.81. The van der Waals surface area contributed by atoms with Gasteiger partial charge in [0.1, 0.15) is 0 Å². The van der Waals surface area contributed by atoms with Crippen molar-refractivity contribution in [1.29, 1.82) is 0 Å². The number of halogens is 1. The van der Waals surface area contributed by atoms with Crippen LogP contribution in [0, 0.1) is 5.41 Å². The standard InChI is InChI=1S/C13H26N2O2.ClH/c1-10(2)15(8-11(3)16)12(17)13(4)6-5-7-14-9-13;/h10-11,14,16H,5-9H2,1-4H3;1H. The molecule has 0 aromatic heterocycles. The van der Waals surface area contributed by atoms with E-state index in [9.17, 15) is 9.90 Å². The summed E-state index contributed by atoms with van der Waals surface area (Å²) in [5.41, 5.74) is -0.308. The van der Waals surface area contributed by atoms with Crippen LogP contribution < -0.4 is 5.32 Å². The largest absolute Gasteiger partial charge is 0.392 e. The normalized spacial score (nSPS) is 25.4. The van der Waals surface area contributed by atoms with E-state index in [1.807, 2.05) is 20.8 Å².